The molecule has 136 valence electrons. The van der Waals surface area contributed by atoms with E-state index in [4.69, 9.17) is 0 Å². The van der Waals surface area contributed by atoms with Crippen molar-refractivity contribution in [2.75, 3.05) is 19.1 Å². The van der Waals surface area contributed by atoms with Crippen molar-refractivity contribution < 1.29 is 13.2 Å². The van der Waals surface area contributed by atoms with E-state index in [1.54, 1.807) is 53.2 Å². The number of benzene rings is 1. The van der Waals surface area contributed by atoms with E-state index in [2.05, 4.69) is 4.72 Å². The SMILES string of the molecule is CSCCC(NS(=O)(=O)c1ccccc1)C(=O)N(C)Cc1cccs1. The molecule has 0 aliphatic heterocycles. The van der Waals surface area contributed by atoms with Crippen molar-refractivity contribution in [2.45, 2.75) is 23.9 Å². The van der Waals surface area contributed by atoms with Crippen LogP contribution in [-0.4, -0.2) is 44.3 Å². The molecule has 0 fully saturated rings. The molecule has 1 heterocycles. The molecular weight excluding hydrogens is 376 g/mol. The Hall–Kier alpha value is -1.35. The van der Waals surface area contributed by atoms with Gasteiger partial charge in [0.25, 0.3) is 0 Å². The van der Waals surface area contributed by atoms with Crippen LogP contribution < -0.4 is 4.72 Å². The second-order valence-electron chi connectivity index (χ2n) is 5.54. The van der Waals surface area contributed by atoms with Crippen LogP contribution in [0.5, 0.6) is 0 Å². The van der Waals surface area contributed by atoms with Gasteiger partial charge in [-0.2, -0.15) is 16.5 Å². The molecule has 0 aliphatic rings. The molecule has 2 rings (SSSR count). The minimum atomic E-state index is -3.73. The molecule has 2 aromatic rings. The van der Waals surface area contributed by atoms with E-state index in [9.17, 15) is 13.2 Å². The summed E-state index contributed by atoms with van der Waals surface area (Å²) in [7, 11) is -2.04. The number of hydrogen-bond acceptors (Lipinski definition) is 5. The Balaban J connectivity index is 2.13. The summed E-state index contributed by atoms with van der Waals surface area (Å²) >= 11 is 3.15. The lowest BCUT2D eigenvalue weighted by molar-refractivity contribution is -0.132. The molecule has 0 radical (unpaired) electrons. The highest BCUT2D eigenvalue weighted by Gasteiger charge is 2.27. The first kappa shape index (κ1) is 20.0. The number of thioether (sulfide) groups is 1. The van der Waals surface area contributed by atoms with E-state index in [-0.39, 0.29) is 10.8 Å². The van der Waals surface area contributed by atoms with Gasteiger partial charge in [-0.3, -0.25) is 4.79 Å². The standard InChI is InChI=1S/C17H22N2O3S3/c1-19(13-14-7-6-11-24-14)17(20)16(10-12-23-2)18-25(21,22)15-8-4-3-5-9-15/h3-9,11,16,18H,10,12-13H2,1-2H3. The Morgan fingerprint density at radius 3 is 2.56 bits per heavy atom. The van der Waals surface area contributed by atoms with Crippen LogP contribution in [0.4, 0.5) is 0 Å². The molecule has 1 unspecified atom stereocenters. The molecule has 1 N–H and O–H groups in total. The van der Waals surface area contributed by atoms with Crippen LogP contribution >= 0.6 is 23.1 Å². The van der Waals surface area contributed by atoms with Crippen LogP contribution in [0.3, 0.4) is 0 Å². The summed E-state index contributed by atoms with van der Waals surface area (Å²) in [5.41, 5.74) is 0. The van der Waals surface area contributed by atoms with Gasteiger partial charge in [0.1, 0.15) is 6.04 Å². The third-order valence-corrected chi connectivity index (χ3v) is 6.60. The zero-order chi connectivity index (χ0) is 18.3. The molecule has 1 aromatic heterocycles. The van der Waals surface area contributed by atoms with E-state index < -0.39 is 16.1 Å². The van der Waals surface area contributed by atoms with Crippen molar-refractivity contribution in [3.8, 4) is 0 Å². The van der Waals surface area contributed by atoms with E-state index in [0.29, 0.717) is 18.7 Å². The van der Waals surface area contributed by atoms with Crippen LogP contribution in [0.25, 0.3) is 0 Å². The van der Waals surface area contributed by atoms with Crippen LogP contribution in [0.2, 0.25) is 0 Å². The largest absolute Gasteiger partial charge is 0.339 e. The first-order valence-electron chi connectivity index (χ1n) is 7.77. The van der Waals surface area contributed by atoms with Crippen LogP contribution in [0.1, 0.15) is 11.3 Å². The summed E-state index contributed by atoms with van der Waals surface area (Å²) in [5, 5.41) is 1.96. The van der Waals surface area contributed by atoms with Crippen molar-refractivity contribution >= 4 is 39.0 Å². The Morgan fingerprint density at radius 2 is 1.96 bits per heavy atom. The number of carbonyl (C=O) groups excluding carboxylic acids is 1. The maximum absolute atomic E-state index is 12.8. The smallest absolute Gasteiger partial charge is 0.241 e. The normalized spacial score (nSPS) is 12.7. The second-order valence-corrected chi connectivity index (χ2v) is 9.27. The highest BCUT2D eigenvalue weighted by atomic mass is 32.2. The first-order chi connectivity index (χ1) is 11.9. The van der Waals surface area contributed by atoms with Gasteiger partial charge < -0.3 is 4.90 Å². The number of nitrogens with one attached hydrogen (secondary N) is 1. The third-order valence-electron chi connectivity index (χ3n) is 3.61. The molecule has 1 atom stereocenters. The number of hydrogen-bond donors (Lipinski definition) is 1. The first-order valence-corrected chi connectivity index (χ1v) is 11.5. The maximum Gasteiger partial charge on any atom is 0.241 e. The van der Waals surface area contributed by atoms with Crippen LogP contribution in [-0.2, 0) is 21.4 Å². The Labute approximate surface area is 157 Å². The van der Waals surface area contributed by atoms with Crippen molar-refractivity contribution in [2.24, 2.45) is 0 Å². The number of amides is 1. The molecule has 0 aliphatic carbocycles. The van der Waals surface area contributed by atoms with Gasteiger partial charge in [-0.15, -0.1) is 11.3 Å². The summed E-state index contributed by atoms with van der Waals surface area (Å²) in [5.74, 6) is 0.475. The summed E-state index contributed by atoms with van der Waals surface area (Å²) in [6.07, 6.45) is 2.38. The van der Waals surface area contributed by atoms with Crippen LogP contribution in [0.15, 0.2) is 52.7 Å². The molecule has 1 aromatic carbocycles. The average molecular weight is 399 g/mol. The fourth-order valence-electron chi connectivity index (χ4n) is 2.30. The van der Waals surface area contributed by atoms with Crippen molar-refractivity contribution in [3.05, 3.63) is 52.7 Å². The van der Waals surface area contributed by atoms with Crippen molar-refractivity contribution in [1.82, 2.24) is 9.62 Å². The Bertz CT molecular complexity index is 762. The van der Waals surface area contributed by atoms with Gasteiger partial charge in [-0.25, -0.2) is 8.42 Å². The Kier molecular flexibility index (Phi) is 7.49. The number of rotatable bonds is 9. The number of thiophene rings is 1. The molecule has 5 nitrogen and oxygen atoms in total. The highest BCUT2D eigenvalue weighted by molar-refractivity contribution is 7.98. The summed E-state index contributed by atoms with van der Waals surface area (Å²) in [6, 6.07) is 11.2. The fraction of sp³-hybridized carbons (Fsp3) is 0.353. The van der Waals surface area contributed by atoms with Gasteiger partial charge in [0, 0.05) is 11.9 Å². The van der Waals surface area contributed by atoms with Crippen LogP contribution in [0, 0.1) is 0 Å². The van der Waals surface area contributed by atoms with Gasteiger partial charge >= 0.3 is 0 Å². The molecule has 1 amide bonds. The number of sulfonamides is 1. The summed E-state index contributed by atoms with van der Waals surface area (Å²) < 4.78 is 27.7. The van der Waals surface area contributed by atoms with Gasteiger partial charge in [0.15, 0.2) is 0 Å². The number of likely N-dealkylation sites (N-methyl/N-ethyl adjacent to an activating group) is 1. The summed E-state index contributed by atoms with van der Waals surface area (Å²) in [4.78, 5) is 15.6. The monoisotopic (exact) mass is 398 g/mol. The van der Waals surface area contributed by atoms with Crippen molar-refractivity contribution in [1.29, 1.82) is 0 Å². The molecular formula is C17H22N2O3S3. The zero-order valence-electron chi connectivity index (χ0n) is 14.2. The topological polar surface area (TPSA) is 66.5 Å². The van der Waals surface area contributed by atoms with Gasteiger partial charge in [-0.05, 0) is 42.0 Å². The minimum Gasteiger partial charge on any atom is -0.339 e. The molecule has 0 saturated heterocycles. The highest BCUT2D eigenvalue weighted by Crippen LogP contribution is 2.15. The molecule has 0 saturated carbocycles. The van der Waals surface area contributed by atoms with E-state index in [1.165, 1.54) is 12.1 Å². The lowest BCUT2D eigenvalue weighted by Crippen LogP contribution is -2.47. The van der Waals surface area contributed by atoms with Gasteiger partial charge in [0.2, 0.25) is 15.9 Å². The molecule has 25 heavy (non-hydrogen) atoms. The molecule has 0 bridgehead atoms. The molecule has 0 spiro atoms. The van der Waals surface area contributed by atoms with E-state index in [0.717, 1.165) is 4.88 Å². The fourth-order valence-corrected chi connectivity index (χ4v) is 4.78. The van der Waals surface area contributed by atoms with E-state index in [1.807, 2.05) is 23.8 Å². The lowest BCUT2D eigenvalue weighted by atomic mass is 10.2. The lowest BCUT2D eigenvalue weighted by Gasteiger charge is -2.24. The van der Waals surface area contributed by atoms with E-state index >= 15 is 0 Å². The van der Waals surface area contributed by atoms with Gasteiger partial charge in [0.05, 0.1) is 11.4 Å². The average Bonchev–Trinajstić information content (AvgIpc) is 3.11. The quantitative estimate of drug-likeness (QED) is 0.705. The predicted octanol–water partition coefficient (Wildman–Crippen LogP) is 2.81. The summed E-state index contributed by atoms with van der Waals surface area (Å²) in [6.45, 7) is 0.472. The minimum absolute atomic E-state index is 0.165. The maximum atomic E-state index is 12.8. The number of nitrogens with zero attached hydrogens (tertiary/aromatic N) is 1. The second kappa shape index (κ2) is 9.38. The molecule has 8 heteroatoms. The third kappa shape index (κ3) is 5.85. The number of carbonyl (C=O) groups is 1. The predicted molar refractivity (Wildman–Crippen MR) is 104 cm³/mol. The Morgan fingerprint density at radius 1 is 1.24 bits per heavy atom. The van der Waals surface area contributed by atoms with Gasteiger partial charge in [-0.1, -0.05) is 24.3 Å². The zero-order valence-corrected chi connectivity index (χ0v) is 16.7. The van der Waals surface area contributed by atoms with Crippen molar-refractivity contribution in [3.63, 3.8) is 0 Å².